The van der Waals surface area contributed by atoms with Crippen LogP contribution in [-0.2, 0) is 10.8 Å². The lowest BCUT2D eigenvalue weighted by Crippen LogP contribution is -2.22. The van der Waals surface area contributed by atoms with Crippen molar-refractivity contribution >= 4 is 18.1 Å². The number of rotatable bonds is 3. The monoisotopic (exact) mass is 384 g/mol. The van der Waals surface area contributed by atoms with Crippen molar-refractivity contribution < 1.29 is 14.3 Å². The lowest BCUT2D eigenvalue weighted by Gasteiger charge is -2.30. The molecule has 0 atom stereocenters. The van der Waals surface area contributed by atoms with E-state index < -0.39 is 11.8 Å². The number of benzene rings is 2. The molecule has 0 saturated carbocycles. The Bertz CT molecular complexity index is 850. The quantitative estimate of drug-likeness (QED) is 0.563. The SMILES string of the molecule is CC.CC(C)(C)c1ccc(C=Cc2ccc(C(=O)O)c(F)c2)cc1C(C)(C)C. The zero-order chi connectivity index (χ0) is 21.7. The lowest BCUT2D eigenvalue weighted by molar-refractivity contribution is 0.0692. The number of carbonyl (C=O) groups is 1. The van der Waals surface area contributed by atoms with E-state index in [4.69, 9.17) is 5.11 Å². The van der Waals surface area contributed by atoms with Crippen molar-refractivity contribution in [3.63, 3.8) is 0 Å². The first kappa shape index (κ1) is 23.6. The van der Waals surface area contributed by atoms with Gasteiger partial charge >= 0.3 is 5.97 Å². The first-order valence-corrected chi connectivity index (χ1v) is 9.75. The van der Waals surface area contributed by atoms with E-state index in [1.165, 1.54) is 23.3 Å². The van der Waals surface area contributed by atoms with Gasteiger partial charge in [-0.15, -0.1) is 0 Å². The molecule has 0 aromatic heterocycles. The molecule has 0 heterocycles. The van der Waals surface area contributed by atoms with E-state index >= 15 is 0 Å². The topological polar surface area (TPSA) is 37.3 Å². The van der Waals surface area contributed by atoms with Gasteiger partial charge in [-0.1, -0.05) is 91.8 Å². The molecule has 2 aromatic rings. The van der Waals surface area contributed by atoms with Crippen LogP contribution in [0.15, 0.2) is 36.4 Å². The molecule has 0 aliphatic carbocycles. The number of hydrogen-bond donors (Lipinski definition) is 1. The number of carboxylic acid groups (broad SMARTS) is 1. The van der Waals surface area contributed by atoms with Gasteiger partial charge in [-0.2, -0.15) is 0 Å². The minimum atomic E-state index is -1.26. The van der Waals surface area contributed by atoms with Gasteiger partial charge < -0.3 is 5.11 Å². The van der Waals surface area contributed by atoms with Gasteiger partial charge in [-0.3, -0.25) is 0 Å². The van der Waals surface area contributed by atoms with E-state index in [2.05, 4.69) is 59.7 Å². The number of hydrogen-bond acceptors (Lipinski definition) is 1. The van der Waals surface area contributed by atoms with Crippen LogP contribution in [0.25, 0.3) is 12.2 Å². The van der Waals surface area contributed by atoms with Gasteiger partial charge in [-0.25, -0.2) is 9.18 Å². The second kappa shape index (κ2) is 9.18. The van der Waals surface area contributed by atoms with Crippen molar-refractivity contribution in [1.82, 2.24) is 0 Å². The van der Waals surface area contributed by atoms with Crippen molar-refractivity contribution in [3.8, 4) is 0 Å². The predicted molar refractivity (Wildman–Crippen MR) is 117 cm³/mol. The van der Waals surface area contributed by atoms with Crippen LogP contribution in [-0.4, -0.2) is 11.1 Å². The van der Waals surface area contributed by atoms with Gasteiger partial charge in [0.2, 0.25) is 0 Å². The van der Waals surface area contributed by atoms with Crippen LogP contribution in [0.4, 0.5) is 4.39 Å². The minimum Gasteiger partial charge on any atom is -0.478 e. The molecule has 2 nitrogen and oxygen atoms in total. The molecule has 2 rings (SSSR count). The van der Waals surface area contributed by atoms with E-state index in [9.17, 15) is 9.18 Å². The maximum Gasteiger partial charge on any atom is 0.338 e. The highest BCUT2D eigenvalue weighted by atomic mass is 19.1. The molecule has 0 unspecified atom stereocenters. The summed E-state index contributed by atoms with van der Waals surface area (Å²) in [6.45, 7) is 17.2. The lowest BCUT2D eigenvalue weighted by atomic mass is 9.74. The summed E-state index contributed by atoms with van der Waals surface area (Å²) in [5.74, 6) is -1.98. The maximum atomic E-state index is 13.8. The summed E-state index contributed by atoms with van der Waals surface area (Å²) in [7, 11) is 0. The van der Waals surface area contributed by atoms with Gasteiger partial charge in [0, 0.05) is 0 Å². The van der Waals surface area contributed by atoms with Crippen LogP contribution in [0.2, 0.25) is 0 Å². The Morgan fingerprint density at radius 2 is 1.29 bits per heavy atom. The van der Waals surface area contributed by atoms with E-state index in [1.807, 2.05) is 19.9 Å². The van der Waals surface area contributed by atoms with Crippen molar-refractivity contribution in [3.05, 3.63) is 70.0 Å². The minimum absolute atomic E-state index is 0.0156. The standard InChI is InChI=1S/C23H27FO2.C2H6/c1-22(2,3)18-12-10-15(13-19(18)23(4,5)6)7-8-16-9-11-17(21(25)26)20(24)14-16;1-2/h7-14H,1-6H3,(H,25,26);1-2H3. The first-order valence-electron chi connectivity index (χ1n) is 9.75. The fraction of sp³-hybridized carbons (Fsp3) is 0.400. The molecule has 152 valence electrons. The zero-order valence-corrected chi connectivity index (χ0v) is 18.4. The van der Waals surface area contributed by atoms with Crippen LogP contribution in [0, 0.1) is 5.82 Å². The summed E-state index contributed by atoms with van der Waals surface area (Å²) in [5, 5.41) is 8.90. The van der Waals surface area contributed by atoms with E-state index in [0.29, 0.717) is 5.56 Å². The molecule has 0 bridgehead atoms. The molecule has 28 heavy (non-hydrogen) atoms. The van der Waals surface area contributed by atoms with E-state index in [1.54, 1.807) is 12.1 Å². The molecule has 0 aliphatic rings. The summed E-state index contributed by atoms with van der Waals surface area (Å²) in [4.78, 5) is 10.9. The third-order valence-corrected chi connectivity index (χ3v) is 4.35. The Hall–Kier alpha value is -2.42. The van der Waals surface area contributed by atoms with Gasteiger partial charge in [0.1, 0.15) is 5.82 Å². The molecule has 1 N–H and O–H groups in total. The third kappa shape index (κ3) is 6.05. The fourth-order valence-electron chi connectivity index (χ4n) is 2.94. The van der Waals surface area contributed by atoms with Gasteiger partial charge in [-0.05, 0) is 45.2 Å². The van der Waals surface area contributed by atoms with Gasteiger partial charge in [0.25, 0.3) is 0 Å². The van der Waals surface area contributed by atoms with Crippen molar-refractivity contribution in [2.75, 3.05) is 0 Å². The smallest absolute Gasteiger partial charge is 0.338 e. The zero-order valence-electron chi connectivity index (χ0n) is 18.4. The molecule has 0 fully saturated rings. The van der Waals surface area contributed by atoms with Crippen molar-refractivity contribution in [2.24, 2.45) is 0 Å². The van der Waals surface area contributed by atoms with Crippen LogP contribution in [0.1, 0.15) is 88.0 Å². The van der Waals surface area contributed by atoms with Gasteiger partial charge in [0.15, 0.2) is 0 Å². The van der Waals surface area contributed by atoms with Crippen LogP contribution < -0.4 is 0 Å². The molecule has 0 amide bonds. The van der Waals surface area contributed by atoms with E-state index in [0.717, 1.165) is 5.56 Å². The Morgan fingerprint density at radius 1 is 0.821 bits per heavy atom. The third-order valence-electron chi connectivity index (χ3n) is 4.35. The van der Waals surface area contributed by atoms with Crippen molar-refractivity contribution in [2.45, 2.75) is 66.2 Å². The molecule has 0 aliphatic heterocycles. The molecule has 0 saturated heterocycles. The van der Waals surface area contributed by atoms with Crippen LogP contribution in [0.3, 0.4) is 0 Å². The average molecular weight is 385 g/mol. The Balaban J connectivity index is 0.00000190. The van der Waals surface area contributed by atoms with Gasteiger partial charge in [0.05, 0.1) is 5.56 Å². The molecular weight excluding hydrogens is 351 g/mol. The normalized spacial score (nSPS) is 11.9. The predicted octanol–water partition coefficient (Wildman–Crippen LogP) is 7.32. The summed E-state index contributed by atoms with van der Waals surface area (Å²) in [6.07, 6.45) is 3.73. The summed E-state index contributed by atoms with van der Waals surface area (Å²) in [6, 6.07) is 10.5. The molecule has 0 radical (unpaired) electrons. The van der Waals surface area contributed by atoms with Crippen molar-refractivity contribution in [1.29, 1.82) is 0 Å². The van der Waals surface area contributed by atoms with Crippen LogP contribution in [0.5, 0.6) is 0 Å². The molecule has 0 spiro atoms. The first-order chi connectivity index (χ1) is 12.9. The Labute approximate surface area is 169 Å². The second-order valence-electron chi connectivity index (χ2n) is 8.68. The summed E-state index contributed by atoms with van der Waals surface area (Å²) >= 11 is 0. The fourth-order valence-corrected chi connectivity index (χ4v) is 2.94. The van der Waals surface area contributed by atoms with E-state index in [-0.39, 0.29) is 16.4 Å². The molecular formula is C25H33FO2. The van der Waals surface area contributed by atoms with Crippen LogP contribution >= 0.6 is 0 Å². The Morgan fingerprint density at radius 3 is 1.71 bits per heavy atom. The highest BCUT2D eigenvalue weighted by Gasteiger charge is 2.24. The highest BCUT2D eigenvalue weighted by Crippen LogP contribution is 2.34. The maximum absolute atomic E-state index is 13.8. The molecule has 2 aromatic carbocycles. The molecule has 3 heteroatoms. The Kier molecular flexibility index (Phi) is 7.75. The summed E-state index contributed by atoms with van der Waals surface area (Å²) < 4.78 is 13.8. The largest absolute Gasteiger partial charge is 0.478 e. The summed E-state index contributed by atoms with van der Waals surface area (Å²) in [5.41, 5.74) is 4.03. The highest BCUT2D eigenvalue weighted by molar-refractivity contribution is 5.88. The number of carboxylic acids is 1. The number of halogens is 1. The average Bonchev–Trinajstić information content (AvgIpc) is 2.59. The second-order valence-corrected chi connectivity index (χ2v) is 8.68. The number of aromatic carboxylic acids is 1.